The predicted molar refractivity (Wildman–Crippen MR) is 203 cm³/mol. The Morgan fingerprint density at radius 1 is 0.577 bits per heavy atom. The third-order valence-corrected chi connectivity index (χ3v) is 8.73. The number of amides is 4. The van der Waals surface area contributed by atoms with E-state index in [1.165, 1.54) is 6.07 Å². The largest absolute Gasteiger partial charge is 0.383 e. The fourth-order valence-electron chi connectivity index (χ4n) is 5.34. The second-order valence-corrected chi connectivity index (χ2v) is 14.6. The molecule has 52 heavy (non-hydrogen) atoms. The molecule has 0 bridgehead atoms. The van der Waals surface area contributed by atoms with Gasteiger partial charge in [0.25, 0.3) is 27.8 Å². The van der Waals surface area contributed by atoms with Crippen LogP contribution >= 0.6 is 0 Å². The van der Waals surface area contributed by atoms with Crippen LogP contribution < -0.4 is 26.6 Å². The summed E-state index contributed by atoms with van der Waals surface area (Å²) in [6.45, 7) is 6.57. The molecule has 268 valence electrons. The second kappa shape index (κ2) is 15.9. The number of benzene rings is 5. The molecule has 5 aromatic rings. The highest BCUT2D eigenvalue weighted by atomic mass is 32.2. The van der Waals surface area contributed by atoms with Crippen molar-refractivity contribution in [2.75, 3.05) is 34.4 Å². The first-order valence-electron chi connectivity index (χ1n) is 16.4. The second-order valence-electron chi connectivity index (χ2n) is 13.2. The van der Waals surface area contributed by atoms with Gasteiger partial charge in [0.15, 0.2) is 0 Å². The highest BCUT2D eigenvalue weighted by molar-refractivity contribution is 7.86. The minimum atomic E-state index is -4.39. The van der Waals surface area contributed by atoms with Crippen LogP contribution in [0.15, 0.2) is 114 Å². The number of hydrogen-bond donors (Lipinski definition) is 6. The molecule has 0 fully saturated rings. The molecule has 0 aromatic heterocycles. The molecule has 5 rings (SSSR count). The Kier molecular flexibility index (Phi) is 11.4. The Bertz CT molecular complexity index is 2210. The van der Waals surface area contributed by atoms with Crippen LogP contribution in [0.1, 0.15) is 58.3 Å². The third-order valence-electron chi connectivity index (χ3n) is 7.82. The van der Waals surface area contributed by atoms with Gasteiger partial charge in [-0.2, -0.15) is 8.42 Å². The molecule has 6 N–H and O–H groups in total. The van der Waals surface area contributed by atoms with Gasteiger partial charge in [-0.3, -0.25) is 23.7 Å². The molecule has 0 aliphatic carbocycles. The van der Waals surface area contributed by atoms with Crippen LogP contribution in [0.5, 0.6) is 0 Å². The number of rotatable bonds is 12. The van der Waals surface area contributed by atoms with Crippen LogP contribution in [0.4, 0.5) is 22.7 Å². The predicted octanol–water partition coefficient (Wildman–Crippen LogP) is 6.81. The van der Waals surface area contributed by atoms with Crippen LogP contribution in [-0.2, 0) is 14.9 Å². The third kappa shape index (κ3) is 10.0. The molecule has 0 saturated heterocycles. The zero-order valence-electron chi connectivity index (χ0n) is 28.8. The van der Waals surface area contributed by atoms with E-state index in [0.717, 1.165) is 0 Å². The average molecular weight is 722 g/mol. The summed E-state index contributed by atoms with van der Waals surface area (Å²) in [5, 5.41) is 15.4. The fraction of sp³-hybridized carbons (Fsp3) is 0.179. The van der Waals surface area contributed by atoms with Crippen molar-refractivity contribution in [1.29, 1.82) is 0 Å². The van der Waals surface area contributed by atoms with Gasteiger partial charge < -0.3 is 26.6 Å². The van der Waals surface area contributed by atoms with E-state index in [4.69, 9.17) is 0 Å². The van der Waals surface area contributed by atoms with E-state index in [9.17, 15) is 32.1 Å². The van der Waals surface area contributed by atoms with Crippen LogP contribution in [0.2, 0.25) is 0 Å². The standard InChI is InChI=1S/C39H39N5O7S/c1-39(2,3)24-35(45)42-28-16-12-26(13-17-28)37(47)44-30-20-14-27(15-21-30)38(48)43-29-18-10-25(11-19-29)36(46)41-23-22-40-33-8-4-7-32-31(33)6-5-9-34(32)52(49,50)51/h4-21,40H,22-24H2,1-3H3,(H,41,46)(H,42,45)(H,43,48)(H,44,47)(H,49,50,51). The van der Waals surface area contributed by atoms with Crippen molar-refractivity contribution in [2.45, 2.75) is 32.1 Å². The smallest absolute Gasteiger partial charge is 0.295 e. The van der Waals surface area contributed by atoms with Gasteiger partial charge in [0.1, 0.15) is 4.90 Å². The van der Waals surface area contributed by atoms with Crippen LogP contribution in [0.25, 0.3) is 10.8 Å². The number of carbonyl (C=O) groups excluding carboxylic acids is 4. The summed E-state index contributed by atoms with van der Waals surface area (Å²) < 4.78 is 33.0. The Morgan fingerprint density at radius 2 is 1.04 bits per heavy atom. The van der Waals surface area contributed by atoms with Crippen molar-refractivity contribution in [2.24, 2.45) is 5.41 Å². The lowest BCUT2D eigenvalue weighted by molar-refractivity contribution is -0.117. The average Bonchev–Trinajstić information content (AvgIpc) is 3.09. The highest BCUT2D eigenvalue weighted by Gasteiger charge is 2.17. The number of fused-ring (bicyclic) bond motifs is 1. The Balaban J connectivity index is 1.07. The number of carbonyl (C=O) groups is 4. The van der Waals surface area contributed by atoms with E-state index in [2.05, 4.69) is 26.6 Å². The van der Waals surface area contributed by atoms with Crippen LogP contribution in [-0.4, -0.2) is 49.7 Å². The van der Waals surface area contributed by atoms with Crippen molar-refractivity contribution in [3.05, 3.63) is 126 Å². The number of nitrogens with one attached hydrogen (secondary N) is 5. The summed E-state index contributed by atoms with van der Waals surface area (Å²) in [5.74, 6) is -1.13. The summed E-state index contributed by atoms with van der Waals surface area (Å²) in [5.41, 5.74) is 3.26. The van der Waals surface area contributed by atoms with E-state index < -0.39 is 10.1 Å². The molecule has 0 radical (unpaired) electrons. The maximum absolute atomic E-state index is 12.9. The van der Waals surface area contributed by atoms with Crippen molar-refractivity contribution in [1.82, 2.24) is 5.32 Å². The summed E-state index contributed by atoms with van der Waals surface area (Å²) in [6, 6.07) is 29.1. The Hall–Kier alpha value is -6.05. The van der Waals surface area contributed by atoms with Crippen molar-refractivity contribution < 1.29 is 32.1 Å². The van der Waals surface area contributed by atoms with Crippen molar-refractivity contribution in [3.8, 4) is 0 Å². The molecular weight excluding hydrogens is 683 g/mol. The molecule has 0 spiro atoms. The van der Waals surface area contributed by atoms with Gasteiger partial charge in [-0.05, 0) is 90.3 Å². The van der Waals surface area contributed by atoms with Gasteiger partial charge in [0, 0.05) is 69.7 Å². The topological polar surface area (TPSA) is 183 Å². The Morgan fingerprint density at radius 3 is 1.54 bits per heavy atom. The molecule has 0 aliphatic rings. The quantitative estimate of drug-likeness (QED) is 0.0600. The summed E-state index contributed by atoms with van der Waals surface area (Å²) in [4.78, 5) is 50.3. The van der Waals surface area contributed by atoms with E-state index in [1.54, 1.807) is 103 Å². The molecular formula is C39H39N5O7S. The lowest BCUT2D eigenvalue weighted by Crippen LogP contribution is -2.28. The van der Waals surface area contributed by atoms with E-state index >= 15 is 0 Å². The van der Waals surface area contributed by atoms with Gasteiger partial charge in [-0.1, -0.05) is 45.0 Å². The highest BCUT2D eigenvalue weighted by Crippen LogP contribution is 2.28. The molecule has 0 heterocycles. The lowest BCUT2D eigenvalue weighted by Gasteiger charge is -2.17. The normalized spacial score (nSPS) is 11.4. The SMILES string of the molecule is CC(C)(C)CC(=O)Nc1ccc(C(=O)Nc2ccc(C(=O)Nc3ccc(C(=O)NCCNc4cccc5c(S(=O)(=O)O)cccc45)cc3)cc2)cc1. The first kappa shape index (κ1) is 37.2. The van der Waals surface area contributed by atoms with Gasteiger partial charge >= 0.3 is 0 Å². The molecule has 0 unspecified atom stereocenters. The maximum Gasteiger partial charge on any atom is 0.295 e. The van der Waals surface area contributed by atoms with Gasteiger partial charge in [-0.15, -0.1) is 0 Å². The monoisotopic (exact) mass is 721 g/mol. The van der Waals surface area contributed by atoms with E-state index in [0.29, 0.717) is 63.2 Å². The summed E-state index contributed by atoms with van der Waals surface area (Å²) >= 11 is 0. The molecule has 4 amide bonds. The van der Waals surface area contributed by atoms with Crippen molar-refractivity contribution in [3.63, 3.8) is 0 Å². The Labute approximate surface area is 301 Å². The van der Waals surface area contributed by atoms with Gasteiger partial charge in [0.05, 0.1) is 0 Å². The first-order chi connectivity index (χ1) is 24.7. The molecule has 0 saturated carbocycles. The molecule has 0 aliphatic heterocycles. The van der Waals surface area contributed by atoms with Gasteiger partial charge in [-0.25, -0.2) is 0 Å². The lowest BCUT2D eigenvalue weighted by atomic mass is 9.92. The molecule has 5 aromatic carbocycles. The number of anilines is 4. The minimum absolute atomic E-state index is 0.0988. The molecule has 13 heteroatoms. The summed E-state index contributed by atoms with van der Waals surface area (Å²) in [6.07, 6.45) is 0.374. The van der Waals surface area contributed by atoms with E-state index in [1.807, 2.05) is 20.8 Å². The first-order valence-corrected chi connectivity index (χ1v) is 17.8. The maximum atomic E-state index is 12.9. The summed E-state index contributed by atoms with van der Waals surface area (Å²) in [7, 11) is -4.39. The van der Waals surface area contributed by atoms with E-state index in [-0.39, 0.29) is 40.5 Å². The zero-order valence-corrected chi connectivity index (χ0v) is 29.6. The molecule has 12 nitrogen and oxygen atoms in total. The number of hydrogen-bond acceptors (Lipinski definition) is 7. The van der Waals surface area contributed by atoms with Crippen LogP contribution in [0, 0.1) is 5.41 Å². The minimum Gasteiger partial charge on any atom is -0.383 e. The zero-order chi connectivity index (χ0) is 37.5. The molecule has 0 atom stereocenters. The van der Waals surface area contributed by atoms with Crippen molar-refractivity contribution >= 4 is 67.3 Å². The van der Waals surface area contributed by atoms with Crippen LogP contribution in [0.3, 0.4) is 0 Å². The fourth-order valence-corrected chi connectivity index (χ4v) is 6.05. The van der Waals surface area contributed by atoms with Gasteiger partial charge in [0.2, 0.25) is 5.91 Å².